The molecule has 11 heteroatoms. The Morgan fingerprint density at radius 1 is 1.48 bits per heavy atom. The quantitative estimate of drug-likeness (QED) is 0.687. The number of aromatic nitrogens is 2. The van der Waals surface area contributed by atoms with Gasteiger partial charge < -0.3 is 20.6 Å². The van der Waals surface area contributed by atoms with Gasteiger partial charge in [-0.15, -0.1) is 0 Å². The Labute approximate surface area is 164 Å². The summed E-state index contributed by atoms with van der Waals surface area (Å²) in [6.07, 6.45) is 1.21. The van der Waals surface area contributed by atoms with Crippen molar-refractivity contribution in [3.05, 3.63) is 52.6 Å². The van der Waals surface area contributed by atoms with Gasteiger partial charge in [-0.25, -0.2) is 18.6 Å². The van der Waals surface area contributed by atoms with E-state index >= 15 is 0 Å². The molecule has 3 amide bonds. The Bertz CT molecular complexity index is 1020. The van der Waals surface area contributed by atoms with Crippen molar-refractivity contribution in [1.82, 2.24) is 20.2 Å². The molecule has 3 N–H and O–H groups in total. The number of benzene rings is 1. The molecule has 1 aliphatic heterocycles. The molecule has 150 valence electrons. The Kier molecular flexibility index (Phi) is 5.65. The van der Waals surface area contributed by atoms with Crippen LogP contribution in [-0.2, 0) is 11.3 Å². The van der Waals surface area contributed by atoms with Crippen LogP contribution in [0.1, 0.15) is 28.7 Å². The average Bonchev–Trinajstić information content (AvgIpc) is 2.70. The highest BCUT2D eigenvalue weighted by molar-refractivity contribution is 5.94. The molecule has 0 spiro atoms. The van der Waals surface area contributed by atoms with Crippen LogP contribution in [0.4, 0.5) is 19.3 Å². The van der Waals surface area contributed by atoms with E-state index in [-0.39, 0.29) is 29.2 Å². The monoisotopic (exact) mass is 402 g/mol. The molecule has 0 saturated carbocycles. The van der Waals surface area contributed by atoms with E-state index in [1.807, 2.05) is 6.07 Å². The fourth-order valence-corrected chi connectivity index (χ4v) is 2.95. The normalized spacial score (nSPS) is 13.9. The van der Waals surface area contributed by atoms with Crippen LogP contribution in [0.15, 0.2) is 18.3 Å². The Morgan fingerprint density at radius 2 is 2.24 bits per heavy atom. The molecule has 0 unspecified atom stereocenters. The van der Waals surface area contributed by atoms with Gasteiger partial charge in [-0.2, -0.15) is 5.26 Å². The van der Waals surface area contributed by atoms with E-state index in [0.717, 1.165) is 11.0 Å². The lowest BCUT2D eigenvalue weighted by Crippen LogP contribution is -2.46. The van der Waals surface area contributed by atoms with Gasteiger partial charge in [0.05, 0.1) is 42.5 Å². The van der Waals surface area contributed by atoms with Gasteiger partial charge in [0.1, 0.15) is 12.6 Å². The average molecular weight is 402 g/mol. The molecular formula is C18H16F2N6O3. The topological polar surface area (TPSA) is 131 Å². The number of hydrogen-bond donors (Lipinski definition) is 3. The second-order valence-corrected chi connectivity index (χ2v) is 6.31. The number of nitriles is 1. The zero-order chi connectivity index (χ0) is 21.1. The number of nitrogens with one attached hydrogen (secondary N) is 2. The van der Waals surface area contributed by atoms with E-state index in [0.29, 0.717) is 5.69 Å². The molecule has 0 radical (unpaired) electrons. The Morgan fingerprint density at radius 3 is 2.90 bits per heavy atom. The molecule has 2 heterocycles. The minimum Gasteiger partial charge on any atom is -0.394 e. The highest BCUT2D eigenvalue weighted by atomic mass is 19.2. The molecular weight excluding hydrogens is 386 g/mol. The number of anilines is 1. The maximum Gasteiger partial charge on any atom is 0.322 e. The van der Waals surface area contributed by atoms with Crippen molar-refractivity contribution in [2.24, 2.45) is 0 Å². The number of nitrogens with zero attached hydrogens (tertiary/aromatic N) is 4. The van der Waals surface area contributed by atoms with Crippen LogP contribution in [0, 0.1) is 29.9 Å². The van der Waals surface area contributed by atoms with Gasteiger partial charge in [-0.05, 0) is 19.1 Å². The van der Waals surface area contributed by atoms with Crippen LogP contribution < -0.4 is 10.6 Å². The summed E-state index contributed by atoms with van der Waals surface area (Å²) in [5, 5.41) is 23.4. The SMILES string of the molecule is Cc1nc(C#N)cnc1[C@@H](CO)NC(=O)CN1Cc2c(ccc(F)c2F)NC1=O. The van der Waals surface area contributed by atoms with Gasteiger partial charge in [0, 0.05) is 5.56 Å². The van der Waals surface area contributed by atoms with Crippen molar-refractivity contribution in [3.8, 4) is 6.07 Å². The number of carbonyl (C=O) groups excluding carboxylic acids is 2. The lowest BCUT2D eigenvalue weighted by Gasteiger charge is -2.29. The summed E-state index contributed by atoms with van der Waals surface area (Å²) in [4.78, 5) is 33.6. The molecule has 2 aromatic rings. The lowest BCUT2D eigenvalue weighted by molar-refractivity contribution is -0.122. The van der Waals surface area contributed by atoms with Gasteiger partial charge in [-0.3, -0.25) is 9.78 Å². The van der Waals surface area contributed by atoms with Crippen molar-refractivity contribution in [2.45, 2.75) is 19.5 Å². The van der Waals surface area contributed by atoms with Crippen molar-refractivity contribution in [2.75, 3.05) is 18.5 Å². The molecule has 3 rings (SSSR count). The summed E-state index contributed by atoms with van der Waals surface area (Å²) >= 11 is 0. The fraction of sp³-hybridized carbons (Fsp3) is 0.278. The first-order chi connectivity index (χ1) is 13.8. The third-order valence-electron chi connectivity index (χ3n) is 4.36. The minimum atomic E-state index is -1.09. The Hall–Kier alpha value is -3.65. The number of aliphatic hydroxyl groups is 1. The highest BCUT2D eigenvalue weighted by Gasteiger charge is 2.29. The van der Waals surface area contributed by atoms with Crippen molar-refractivity contribution in [1.29, 1.82) is 5.26 Å². The van der Waals surface area contributed by atoms with Crippen LogP contribution in [0.5, 0.6) is 0 Å². The maximum absolute atomic E-state index is 14.0. The zero-order valence-corrected chi connectivity index (χ0v) is 15.2. The number of amides is 3. The molecule has 0 aliphatic carbocycles. The summed E-state index contributed by atoms with van der Waals surface area (Å²) in [6.45, 7) is 0.324. The van der Waals surface area contributed by atoms with Gasteiger partial charge in [0.25, 0.3) is 0 Å². The molecule has 9 nitrogen and oxygen atoms in total. The number of rotatable bonds is 5. The maximum atomic E-state index is 14.0. The zero-order valence-electron chi connectivity index (χ0n) is 15.2. The predicted molar refractivity (Wildman–Crippen MR) is 95.2 cm³/mol. The smallest absolute Gasteiger partial charge is 0.322 e. The van der Waals surface area contributed by atoms with Crippen LogP contribution in [0.2, 0.25) is 0 Å². The van der Waals surface area contributed by atoms with Crippen molar-refractivity contribution >= 4 is 17.6 Å². The summed E-state index contributed by atoms with van der Waals surface area (Å²) in [5.41, 5.74) is 0.784. The summed E-state index contributed by atoms with van der Waals surface area (Å²) in [5.74, 6) is -2.80. The molecule has 0 bridgehead atoms. The van der Waals surface area contributed by atoms with E-state index in [2.05, 4.69) is 20.6 Å². The molecule has 0 saturated heterocycles. The summed E-state index contributed by atoms with van der Waals surface area (Å²) in [7, 11) is 0. The number of urea groups is 1. The molecule has 1 atom stereocenters. The predicted octanol–water partition coefficient (Wildman–Crippen LogP) is 1.13. The Balaban J connectivity index is 1.72. The lowest BCUT2D eigenvalue weighted by atomic mass is 10.1. The first-order valence-corrected chi connectivity index (χ1v) is 8.50. The molecule has 0 fully saturated rings. The minimum absolute atomic E-state index is 0.0649. The van der Waals surface area contributed by atoms with Crippen molar-refractivity contribution in [3.63, 3.8) is 0 Å². The van der Waals surface area contributed by atoms with Crippen LogP contribution >= 0.6 is 0 Å². The second kappa shape index (κ2) is 8.15. The molecule has 29 heavy (non-hydrogen) atoms. The first kappa shape index (κ1) is 20.1. The number of fused-ring (bicyclic) bond motifs is 1. The van der Waals surface area contributed by atoms with Crippen LogP contribution in [-0.4, -0.2) is 45.1 Å². The largest absolute Gasteiger partial charge is 0.394 e. The highest BCUT2D eigenvalue weighted by Crippen LogP contribution is 2.27. The molecule has 1 aromatic carbocycles. The van der Waals surface area contributed by atoms with E-state index in [4.69, 9.17) is 5.26 Å². The molecule has 1 aliphatic rings. The van der Waals surface area contributed by atoms with Crippen LogP contribution in [0.3, 0.4) is 0 Å². The van der Waals surface area contributed by atoms with Crippen LogP contribution in [0.25, 0.3) is 0 Å². The number of halogens is 2. The summed E-state index contributed by atoms with van der Waals surface area (Å²) in [6, 6.07) is 2.43. The third kappa shape index (κ3) is 4.12. The van der Waals surface area contributed by atoms with Gasteiger partial charge in [0.15, 0.2) is 17.3 Å². The van der Waals surface area contributed by atoms with Gasteiger partial charge >= 0.3 is 6.03 Å². The van der Waals surface area contributed by atoms with Gasteiger partial charge in [0.2, 0.25) is 5.91 Å². The van der Waals surface area contributed by atoms with Gasteiger partial charge in [-0.1, -0.05) is 0 Å². The second-order valence-electron chi connectivity index (χ2n) is 6.31. The van der Waals surface area contributed by atoms with E-state index in [9.17, 15) is 23.5 Å². The van der Waals surface area contributed by atoms with Crippen molar-refractivity contribution < 1.29 is 23.5 Å². The van der Waals surface area contributed by atoms with E-state index in [1.165, 1.54) is 12.3 Å². The third-order valence-corrected chi connectivity index (χ3v) is 4.36. The van der Waals surface area contributed by atoms with E-state index in [1.54, 1.807) is 6.92 Å². The molecule has 1 aromatic heterocycles. The summed E-state index contributed by atoms with van der Waals surface area (Å²) < 4.78 is 27.4. The van der Waals surface area contributed by atoms with E-state index < -0.39 is 42.8 Å². The standard InChI is InChI=1S/C18H16F2N6O3/c1-9-17(22-5-10(4-21)23-9)14(8-27)24-15(28)7-26-6-11-13(25-18(26)29)3-2-12(19)16(11)20/h2-3,5,14,27H,6-8H2,1H3,(H,24,28)(H,25,29)/t14-/m1/s1. The first-order valence-electron chi connectivity index (χ1n) is 8.50. The fourth-order valence-electron chi connectivity index (χ4n) is 2.95. The number of hydrogen-bond acceptors (Lipinski definition) is 6. The number of aryl methyl sites for hydroxylation is 1. The number of aliphatic hydroxyl groups excluding tert-OH is 1. The number of carbonyl (C=O) groups is 2.